The third kappa shape index (κ3) is 3.83. The van der Waals surface area contributed by atoms with Crippen LogP contribution < -0.4 is 0 Å². The molecule has 2 aliphatic rings. The van der Waals surface area contributed by atoms with Crippen molar-refractivity contribution in [2.45, 2.75) is 58.8 Å². The monoisotopic (exact) mass is 254 g/mol. The van der Waals surface area contributed by atoms with E-state index >= 15 is 0 Å². The number of hydrogen-bond donors (Lipinski definition) is 0. The van der Waals surface area contributed by atoms with Crippen LogP contribution >= 0.6 is 0 Å². The van der Waals surface area contributed by atoms with Gasteiger partial charge in [-0.2, -0.15) is 0 Å². The Bertz CT molecular complexity index is 452. The molecule has 0 unspecified atom stereocenters. The molecule has 0 fully saturated rings. The van der Waals surface area contributed by atoms with Crippen LogP contribution in [0, 0.1) is 0 Å². The van der Waals surface area contributed by atoms with Crippen LogP contribution in [0.3, 0.4) is 0 Å². The second kappa shape index (κ2) is 7.33. The molecule has 0 nitrogen and oxygen atoms in total. The van der Waals surface area contributed by atoms with Gasteiger partial charge < -0.3 is 0 Å². The maximum absolute atomic E-state index is 2.44. The molecular formula is C19H26. The first kappa shape index (κ1) is 14.1. The standard InChI is InChI=1S/C19H26/c1-3-5-9-16(4-2)18-12-14-19(15-13-18)17-10-7-6-8-11-17/h6-7,9-10,12,14H,3-5,8,11,13,15H2,1-2H3/b16-9+. The van der Waals surface area contributed by atoms with Gasteiger partial charge in [-0.15, -0.1) is 0 Å². The van der Waals surface area contributed by atoms with E-state index in [-0.39, 0.29) is 0 Å². The lowest BCUT2D eigenvalue weighted by Crippen LogP contribution is -2.00. The Hall–Kier alpha value is -1.30. The maximum Gasteiger partial charge on any atom is -0.0235 e. The smallest absolute Gasteiger partial charge is 0.0235 e. The molecule has 0 aromatic rings. The van der Waals surface area contributed by atoms with Crippen LogP contribution in [0.25, 0.3) is 0 Å². The maximum atomic E-state index is 2.44. The fourth-order valence-corrected chi connectivity index (χ4v) is 2.86. The summed E-state index contributed by atoms with van der Waals surface area (Å²) in [4.78, 5) is 0. The van der Waals surface area contributed by atoms with Crippen molar-refractivity contribution in [2.24, 2.45) is 0 Å². The van der Waals surface area contributed by atoms with Crippen LogP contribution in [0.15, 0.2) is 58.7 Å². The number of unbranched alkanes of at least 4 members (excludes halogenated alkanes) is 1. The molecule has 0 heterocycles. The molecule has 102 valence electrons. The SMILES string of the molecule is CCC/C=C(\CC)C1=CC=C(C2=CC=CCC2)CC1. The summed E-state index contributed by atoms with van der Waals surface area (Å²) in [5.41, 5.74) is 6.23. The molecule has 0 atom stereocenters. The van der Waals surface area contributed by atoms with Gasteiger partial charge in [0.25, 0.3) is 0 Å². The lowest BCUT2D eigenvalue weighted by atomic mass is 9.86. The zero-order valence-corrected chi connectivity index (χ0v) is 12.4. The molecule has 0 aromatic heterocycles. The van der Waals surface area contributed by atoms with Crippen molar-refractivity contribution in [3.63, 3.8) is 0 Å². The molecule has 2 rings (SSSR count). The van der Waals surface area contributed by atoms with E-state index in [9.17, 15) is 0 Å². The molecule has 0 saturated carbocycles. The first-order chi connectivity index (χ1) is 9.35. The molecule has 0 saturated heterocycles. The van der Waals surface area contributed by atoms with Gasteiger partial charge in [-0.25, -0.2) is 0 Å². The Morgan fingerprint density at radius 3 is 2.47 bits per heavy atom. The van der Waals surface area contributed by atoms with Crippen LogP contribution in [0.5, 0.6) is 0 Å². The quantitative estimate of drug-likeness (QED) is 0.560. The second-order valence-electron chi connectivity index (χ2n) is 5.41. The number of hydrogen-bond acceptors (Lipinski definition) is 0. The molecular weight excluding hydrogens is 228 g/mol. The lowest BCUT2D eigenvalue weighted by Gasteiger charge is -2.19. The largest absolute Gasteiger partial charge is 0.0842 e. The van der Waals surface area contributed by atoms with E-state index in [4.69, 9.17) is 0 Å². The first-order valence-corrected chi connectivity index (χ1v) is 7.80. The third-order valence-corrected chi connectivity index (χ3v) is 4.05. The summed E-state index contributed by atoms with van der Waals surface area (Å²) >= 11 is 0. The van der Waals surface area contributed by atoms with Gasteiger partial charge in [0.2, 0.25) is 0 Å². The zero-order valence-electron chi connectivity index (χ0n) is 12.4. The van der Waals surface area contributed by atoms with E-state index in [2.05, 4.69) is 50.3 Å². The van der Waals surface area contributed by atoms with Gasteiger partial charge in [-0.05, 0) is 60.8 Å². The average Bonchev–Trinajstić information content (AvgIpc) is 2.49. The minimum Gasteiger partial charge on any atom is -0.0842 e. The summed E-state index contributed by atoms with van der Waals surface area (Å²) in [6, 6.07) is 0. The molecule has 0 amide bonds. The predicted octanol–water partition coefficient (Wildman–Crippen LogP) is 6.05. The Kier molecular flexibility index (Phi) is 5.44. The summed E-state index contributed by atoms with van der Waals surface area (Å²) in [5, 5.41) is 0. The van der Waals surface area contributed by atoms with Gasteiger partial charge in [0.05, 0.1) is 0 Å². The Morgan fingerprint density at radius 2 is 1.89 bits per heavy atom. The molecule has 0 N–H and O–H groups in total. The fourth-order valence-electron chi connectivity index (χ4n) is 2.86. The van der Waals surface area contributed by atoms with E-state index in [1.165, 1.54) is 44.9 Å². The summed E-state index contributed by atoms with van der Waals surface area (Å²) < 4.78 is 0. The molecule has 0 aromatic carbocycles. The minimum absolute atomic E-state index is 1.17. The minimum atomic E-state index is 1.17. The van der Waals surface area contributed by atoms with Crippen LogP contribution in [-0.2, 0) is 0 Å². The predicted molar refractivity (Wildman–Crippen MR) is 85.1 cm³/mol. The molecule has 0 radical (unpaired) electrons. The summed E-state index contributed by atoms with van der Waals surface area (Å²) in [7, 11) is 0. The van der Waals surface area contributed by atoms with E-state index in [1.807, 2.05) is 0 Å². The third-order valence-electron chi connectivity index (χ3n) is 4.05. The van der Waals surface area contributed by atoms with Crippen molar-refractivity contribution in [3.05, 3.63) is 58.7 Å². The molecule has 19 heavy (non-hydrogen) atoms. The highest BCUT2D eigenvalue weighted by Crippen LogP contribution is 2.32. The van der Waals surface area contributed by atoms with E-state index in [0.717, 1.165) is 0 Å². The number of allylic oxidation sites excluding steroid dienone is 10. The van der Waals surface area contributed by atoms with Gasteiger partial charge in [0, 0.05) is 0 Å². The highest BCUT2D eigenvalue weighted by Gasteiger charge is 2.12. The van der Waals surface area contributed by atoms with E-state index < -0.39 is 0 Å². The van der Waals surface area contributed by atoms with Crippen LogP contribution in [0.2, 0.25) is 0 Å². The molecule has 0 aliphatic heterocycles. The van der Waals surface area contributed by atoms with E-state index in [1.54, 1.807) is 22.3 Å². The van der Waals surface area contributed by atoms with Crippen molar-refractivity contribution >= 4 is 0 Å². The van der Waals surface area contributed by atoms with Crippen LogP contribution in [-0.4, -0.2) is 0 Å². The second-order valence-corrected chi connectivity index (χ2v) is 5.41. The van der Waals surface area contributed by atoms with Crippen LogP contribution in [0.4, 0.5) is 0 Å². The fraction of sp³-hybridized carbons (Fsp3) is 0.474. The topological polar surface area (TPSA) is 0 Å². The van der Waals surface area contributed by atoms with Gasteiger partial charge in [-0.1, -0.05) is 56.7 Å². The highest BCUT2D eigenvalue weighted by molar-refractivity contribution is 5.45. The highest BCUT2D eigenvalue weighted by atomic mass is 14.2. The van der Waals surface area contributed by atoms with Crippen molar-refractivity contribution in [1.29, 1.82) is 0 Å². The van der Waals surface area contributed by atoms with E-state index in [0.29, 0.717) is 0 Å². The molecule has 0 spiro atoms. The zero-order chi connectivity index (χ0) is 13.5. The van der Waals surface area contributed by atoms with Gasteiger partial charge in [-0.3, -0.25) is 0 Å². The van der Waals surface area contributed by atoms with Gasteiger partial charge in [0.1, 0.15) is 0 Å². The normalized spacial score (nSPS) is 19.9. The molecule has 0 bridgehead atoms. The first-order valence-electron chi connectivity index (χ1n) is 7.80. The summed E-state index contributed by atoms with van der Waals surface area (Å²) in [6.45, 7) is 4.52. The van der Waals surface area contributed by atoms with Crippen molar-refractivity contribution < 1.29 is 0 Å². The average molecular weight is 254 g/mol. The summed E-state index contributed by atoms with van der Waals surface area (Å²) in [5.74, 6) is 0. The van der Waals surface area contributed by atoms with Gasteiger partial charge >= 0.3 is 0 Å². The van der Waals surface area contributed by atoms with Gasteiger partial charge in [0.15, 0.2) is 0 Å². The van der Waals surface area contributed by atoms with Crippen molar-refractivity contribution in [2.75, 3.05) is 0 Å². The Balaban J connectivity index is 2.10. The van der Waals surface area contributed by atoms with Crippen LogP contribution in [0.1, 0.15) is 58.8 Å². The molecule has 2 aliphatic carbocycles. The lowest BCUT2D eigenvalue weighted by molar-refractivity contribution is 0.856. The Labute approximate surface area is 118 Å². The van der Waals surface area contributed by atoms with Crippen molar-refractivity contribution in [3.8, 4) is 0 Å². The summed E-state index contributed by atoms with van der Waals surface area (Å²) in [6.07, 6.45) is 22.4. The Morgan fingerprint density at radius 1 is 1.05 bits per heavy atom. The van der Waals surface area contributed by atoms with Crippen molar-refractivity contribution in [1.82, 2.24) is 0 Å². The number of rotatable bonds is 5. The molecule has 0 heteroatoms.